The number of aliphatic hydroxyl groups excluding tert-OH is 1. The molecule has 0 fully saturated rings. The second-order valence-corrected chi connectivity index (χ2v) is 7.54. The number of hydrogen-bond donors (Lipinski definition) is 1. The molecule has 1 aromatic heterocycles. The third-order valence-electron chi connectivity index (χ3n) is 5.02. The molecule has 2 nitrogen and oxygen atoms in total. The maximum absolute atomic E-state index is 14.2. The summed E-state index contributed by atoms with van der Waals surface area (Å²) in [5.74, 6) is -0.201. The Kier molecular flexibility index (Phi) is 7.69. The summed E-state index contributed by atoms with van der Waals surface area (Å²) >= 11 is 0. The Labute approximate surface area is 178 Å². The van der Waals surface area contributed by atoms with Crippen LogP contribution in [0.2, 0.25) is 0 Å². The molecule has 1 N–H and O–H groups in total. The van der Waals surface area contributed by atoms with E-state index < -0.39 is 0 Å². The fraction of sp³-hybridized carbons (Fsp3) is 0.222. The van der Waals surface area contributed by atoms with Crippen LogP contribution >= 0.6 is 0 Å². The van der Waals surface area contributed by atoms with Crippen LogP contribution in [-0.2, 0) is 6.42 Å². The third kappa shape index (κ3) is 5.98. The number of halogens is 1. The molecule has 0 radical (unpaired) electrons. The first-order valence-corrected chi connectivity index (χ1v) is 10.4. The molecule has 0 aliphatic rings. The normalized spacial score (nSPS) is 12.2. The van der Waals surface area contributed by atoms with Gasteiger partial charge in [-0.3, -0.25) is 4.98 Å². The van der Waals surface area contributed by atoms with E-state index in [1.807, 2.05) is 55.6 Å². The van der Waals surface area contributed by atoms with Crippen molar-refractivity contribution in [1.82, 2.24) is 4.98 Å². The average molecular weight is 402 g/mol. The first kappa shape index (κ1) is 21.7. The van der Waals surface area contributed by atoms with E-state index in [4.69, 9.17) is 0 Å². The van der Waals surface area contributed by atoms with Crippen molar-refractivity contribution in [2.24, 2.45) is 0 Å². The first-order valence-electron chi connectivity index (χ1n) is 10.4. The van der Waals surface area contributed by atoms with Gasteiger partial charge >= 0.3 is 0 Å². The molecule has 0 spiro atoms. The van der Waals surface area contributed by atoms with Crippen LogP contribution in [0, 0.1) is 5.82 Å². The van der Waals surface area contributed by atoms with E-state index in [1.54, 1.807) is 12.1 Å². The number of pyridine rings is 1. The Hall–Kier alpha value is -3.04. The second-order valence-electron chi connectivity index (χ2n) is 7.54. The predicted octanol–water partition coefficient (Wildman–Crippen LogP) is 6.85. The van der Waals surface area contributed by atoms with Gasteiger partial charge in [0.1, 0.15) is 5.82 Å². The summed E-state index contributed by atoms with van der Waals surface area (Å²) in [5, 5.41) is 9.28. The van der Waals surface area contributed by atoms with Gasteiger partial charge in [0.05, 0.1) is 11.8 Å². The van der Waals surface area contributed by atoms with Gasteiger partial charge in [-0.05, 0) is 67.0 Å². The monoisotopic (exact) mass is 401 g/mol. The Morgan fingerprint density at radius 1 is 1.03 bits per heavy atom. The largest absolute Gasteiger partial charge is 0.393 e. The van der Waals surface area contributed by atoms with E-state index in [0.717, 1.165) is 47.2 Å². The summed E-state index contributed by atoms with van der Waals surface area (Å²) in [6, 6.07) is 17.4. The predicted molar refractivity (Wildman–Crippen MR) is 124 cm³/mol. The van der Waals surface area contributed by atoms with Gasteiger partial charge in [0.25, 0.3) is 0 Å². The molecule has 1 heterocycles. The van der Waals surface area contributed by atoms with E-state index in [2.05, 4.69) is 29.8 Å². The molecule has 30 heavy (non-hydrogen) atoms. The van der Waals surface area contributed by atoms with Crippen molar-refractivity contribution >= 4 is 6.08 Å². The van der Waals surface area contributed by atoms with Crippen molar-refractivity contribution in [2.45, 2.75) is 38.7 Å². The van der Waals surface area contributed by atoms with Crippen molar-refractivity contribution in [2.75, 3.05) is 0 Å². The number of benzene rings is 2. The van der Waals surface area contributed by atoms with Crippen molar-refractivity contribution in [3.05, 3.63) is 96.5 Å². The van der Waals surface area contributed by atoms with Crippen LogP contribution in [0.25, 0.3) is 28.5 Å². The Bertz CT molecular complexity index is 988. The summed E-state index contributed by atoms with van der Waals surface area (Å²) in [6.07, 6.45) is 10.8. The van der Waals surface area contributed by atoms with Gasteiger partial charge in [-0.2, -0.15) is 0 Å². The number of allylic oxidation sites excluding steroid dienone is 2. The molecule has 0 aliphatic carbocycles. The average Bonchev–Trinajstić information content (AvgIpc) is 2.75. The summed E-state index contributed by atoms with van der Waals surface area (Å²) in [7, 11) is 0. The van der Waals surface area contributed by atoms with Crippen molar-refractivity contribution in [3.63, 3.8) is 0 Å². The van der Waals surface area contributed by atoms with Crippen LogP contribution in [0.3, 0.4) is 0 Å². The standard InChI is InChI=1S/C27H28FNO/c1-3-7-23-13-16-25(18-26(23)28)22-11-14-24(15-12-22)27-17-10-21(19-29-27)9-6-4-5-8-20(2)30/h3,6,9-20,30H,1,4-5,7-8H2,2H3/b9-6+. The smallest absolute Gasteiger partial charge is 0.127 e. The number of aromatic nitrogens is 1. The Balaban J connectivity index is 1.65. The number of unbranched alkanes of at least 4 members (excludes halogenated alkanes) is 1. The molecule has 3 heteroatoms. The zero-order chi connectivity index (χ0) is 21.3. The fourth-order valence-corrected chi connectivity index (χ4v) is 3.31. The molecule has 0 amide bonds. The van der Waals surface area contributed by atoms with E-state index in [1.165, 1.54) is 0 Å². The summed E-state index contributed by atoms with van der Waals surface area (Å²) < 4.78 is 14.2. The van der Waals surface area contributed by atoms with Crippen molar-refractivity contribution in [3.8, 4) is 22.4 Å². The molecule has 3 aromatic rings. The molecule has 1 unspecified atom stereocenters. The number of hydrogen-bond acceptors (Lipinski definition) is 2. The van der Waals surface area contributed by atoms with Crippen LogP contribution in [0.5, 0.6) is 0 Å². The highest BCUT2D eigenvalue weighted by atomic mass is 19.1. The van der Waals surface area contributed by atoms with E-state index in [-0.39, 0.29) is 11.9 Å². The van der Waals surface area contributed by atoms with E-state index >= 15 is 0 Å². The van der Waals surface area contributed by atoms with Gasteiger partial charge in [-0.1, -0.05) is 60.7 Å². The van der Waals surface area contributed by atoms with Crippen molar-refractivity contribution < 1.29 is 9.50 Å². The molecule has 0 saturated carbocycles. The number of aliphatic hydroxyl groups is 1. The molecular formula is C27H28FNO. The van der Waals surface area contributed by atoms with Gasteiger partial charge < -0.3 is 5.11 Å². The summed E-state index contributed by atoms with van der Waals surface area (Å²) in [4.78, 5) is 4.56. The van der Waals surface area contributed by atoms with Gasteiger partial charge in [-0.25, -0.2) is 4.39 Å². The number of rotatable bonds is 9. The van der Waals surface area contributed by atoms with Gasteiger partial charge in [0, 0.05) is 11.8 Å². The minimum atomic E-state index is -0.235. The molecule has 3 rings (SSSR count). The lowest BCUT2D eigenvalue weighted by Crippen LogP contribution is -1.97. The summed E-state index contributed by atoms with van der Waals surface area (Å²) in [6.45, 7) is 5.48. The number of nitrogens with zero attached hydrogens (tertiary/aromatic N) is 1. The summed E-state index contributed by atoms with van der Waals surface area (Å²) in [5.41, 5.74) is 5.47. The quantitative estimate of drug-likeness (QED) is 0.314. The minimum Gasteiger partial charge on any atom is -0.393 e. The second kappa shape index (κ2) is 10.7. The van der Waals surface area contributed by atoms with Gasteiger partial charge in [0.2, 0.25) is 0 Å². The Morgan fingerprint density at radius 2 is 1.77 bits per heavy atom. The molecule has 0 aliphatic heterocycles. The lowest BCUT2D eigenvalue weighted by Gasteiger charge is -2.07. The lowest BCUT2D eigenvalue weighted by molar-refractivity contribution is 0.182. The molecule has 154 valence electrons. The molecule has 1 atom stereocenters. The molecule has 2 aromatic carbocycles. The van der Waals surface area contributed by atoms with Crippen LogP contribution in [0.1, 0.15) is 37.3 Å². The van der Waals surface area contributed by atoms with Crippen LogP contribution in [-0.4, -0.2) is 16.2 Å². The van der Waals surface area contributed by atoms with E-state index in [0.29, 0.717) is 12.0 Å². The molecule has 0 bridgehead atoms. The maximum atomic E-state index is 14.2. The highest BCUT2D eigenvalue weighted by Crippen LogP contribution is 2.26. The first-order chi connectivity index (χ1) is 14.6. The molecule has 0 saturated heterocycles. The zero-order valence-electron chi connectivity index (χ0n) is 17.4. The van der Waals surface area contributed by atoms with Crippen LogP contribution in [0.4, 0.5) is 4.39 Å². The van der Waals surface area contributed by atoms with Crippen LogP contribution < -0.4 is 0 Å². The van der Waals surface area contributed by atoms with E-state index in [9.17, 15) is 9.50 Å². The fourth-order valence-electron chi connectivity index (χ4n) is 3.31. The minimum absolute atomic E-state index is 0.201. The van der Waals surface area contributed by atoms with Crippen LogP contribution in [0.15, 0.2) is 79.5 Å². The Morgan fingerprint density at radius 3 is 2.40 bits per heavy atom. The highest BCUT2D eigenvalue weighted by molar-refractivity contribution is 5.69. The maximum Gasteiger partial charge on any atom is 0.127 e. The third-order valence-corrected chi connectivity index (χ3v) is 5.02. The topological polar surface area (TPSA) is 33.1 Å². The zero-order valence-corrected chi connectivity index (χ0v) is 17.4. The molecular weight excluding hydrogens is 373 g/mol. The lowest BCUT2D eigenvalue weighted by atomic mass is 10.00. The van der Waals surface area contributed by atoms with Gasteiger partial charge in [-0.15, -0.1) is 6.58 Å². The van der Waals surface area contributed by atoms with Crippen molar-refractivity contribution in [1.29, 1.82) is 0 Å². The van der Waals surface area contributed by atoms with Gasteiger partial charge in [0.15, 0.2) is 0 Å². The SMILES string of the molecule is C=CCc1ccc(-c2ccc(-c3ccc(/C=C/CCCC(C)O)cn3)cc2)cc1F. The highest BCUT2D eigenvalue weighted by Gasteiger charge is 2.05.